The van der Waals surface area contributed by atoms with Gasteiger partial charge in [-0.25, -0.2) is 5.90 Å². The Morgan fingerprint density at radius 1 is 1.45 bits per heavy atom. The lowest BCUT2D eigenvalue weighted by atomic mass is 10.1. The zero-order valence-electron chi connectivity index (χ0n) is 12.2. The summed E-state index contributed by atoms with van der Waals surface area (Å²) in [5.74, 6) is 4.94. The fourth-order valence-electron chi connectivity index (χ4n) is 2.46. The number of benzene rings is 1. The van der Waals surface area contributed by atoms with E-state index in [0.717, 1.165) is 5.56 Å². The van der Waals surface area contributed by atoms with Gasteiger partial charge in [0.25, 0.3) is 5.91 Å². The highest BCUT2D eigenvalue weighted by Crippen LogP contribution is 2.21. The summed E-state index contributed by atoms with van der Waals surface area (Å²) in [7, 11) is 0. The highest BCUT2D eigenvalue weighted by Gasteiger charge is 2.32. The van der Waals surface area contributed by atoms with Crippen LogP contribution in [0.15, 0.2) is 30.6 Å². The van der Waals surface area contributed by atoms with Gasteiger partial charge in [0.15, 0.2) is 6.23 Å². The molecule has 1 amide bonds. The molecule has 3 rings (SSSR count). The molecule has 1 aliphatic heterocycles. The normalized spacial score (nSPS) is 17.9. The number of hydrogen-bond donors (Lipinski definition) is 1. The van der Waals surface area contributed by atoms with Gasteiger partial charge < -0.3 is 9.64 Å². The van der Waals surface area contributed by atoms with Crippen molar-refractivity contribution in [3.63, 3.8) is 0 Å². The van der Waals surface area contributed by atoms with E-state index in [1.807, 2.05) is 25.1 Å². The second kappa shape index (κ2) is 6.22. The number of nitrogens with zero attached hydrogens (tertiary/aromatic N) is 4. The Labute approximate surface area is 127 Å². The average molecular weight is 303 g/mol. The maximum absolute atomic E-state index is 12.9. The first-order chi connectivity index (χ1) is 10.7. The molecule has 1 aromatic carbocycles. The fraction of sp³-hybridized carbons (Fsp3) is 0.357. The summed E-state index contributed by atoms with van der Waals surface area (Å²) in [5, 5.41) is 8.20. The van der Waals surface area contributed by atoms with E-state index in [0.29, 0.717) is 24.4 Å². The van der Waals surface area contributed by atoms with Crippen molar-refractivity contribution in [2.75, 3.05) is 19.8 Å². The summed E-state index contributed by atoms with van der Waals surface area (Å²) in [6.07, 6.45) is 2.66. The SMILES string of the molecule is Cc1ccc(-n2nccn2)c(C(=O)N2CCOC2CON)c1. The van der Waals surface area contributed by atoms with Crippen molar-refractivity contribution in [1.82, 2.24) is 19.9 Å². The van der Waals surface area contributed by atoms with Crippen LogP contribution in [0.5, 0.6) is 0 Å². The summed E-state index contributed by atoms with van der Waals surface area (Å²) in [6.45, 7) is 3.01. The standard InChI is InChI=1S/C14H17N5O3/c1-10-2-3-12(19-16-4-5-17-19)11(8-10)14(20)18-6-7-21-13(18)9-22-15/h2-5,8,13H,6-7,9,15H2,1H3. The molecule has 22 heavy (non-hydrogen) atoms. The number of ether oxygens (including phenoxy) is 1. The van der Waals surface area contributed by atoms with Crippen LogP contribution in [0.25, 0.3) is 5.69 Å². The highest BCUT2D eigenvalue weighted by atomic mass is 16.6. The lowest BCUT2D eigenvalue weighted by Gasteiger charge is -2.23. The molecular weight excluding hydrogens is 286 g/mol. The van der Waals surface area contributed by atoms with Crippen LogP contribution in [0.4, 0.5) is 0 Å². The summed E-state index contributed by atoms with van der Waals surface area (Å²) in [6, 6.07) is 5.56. The van der Waals surface area contributed by atoms with Gasteiger partial charge in [-0.05, 0) is 19.1 Å². The number of hydrogen-bond acceptors (Lipinski definition) is 6. The minimum absolute atomic E-state index is 0.132. The number of amides is 1. The summed E-state index contributed by atoms with van der Waals surface area (Å²) >= 11 is 0. The van der Waals surface area contributed by atoms with Crippen molar-refractivity contribution >= 4 is 5.91 Å². The molecule has 0 radical (unpaired) electrons. The fourth-order valence-corrected chi connectivity index (χ4v) is 2.46. The molecule has 1 unspecified atom stereocenters. The molecule has 2 heterocycles. The zero-order valence-corrected chi connectivity index (χ0v) is 12.2. The summed E-state index contributed by atoms with van der Waals surface area (Å²) in [5.41, 5.74) is 2.12. The highest BCUT2D eigenvalue weighted by molar-refractivity contribution is 5.98. The Morgan fingerprint density at radius 2 is 2.23 bits per heavy atom. The van der Waals surface area contributed by atoms with Gasteiger partial charge in [-0.1, -0.05) is 11.6 Å². The predicted molar refractivity (Wildman–Crippen MR) is 77.0 cm³/mol. The molecule has 1 saturated heterocycles. The number of aryl methyl sites for hydroxylation is 1. The number of carbonyl (C=O) groups is 1. The van der Waals surface area contributed by atoms with Crippen molar-refractivity contribution in [3.8, 4) is 5.69 Å². The average Bonchev–Trinajstić information content (AvgIpc) is 3.18. The molecular formula is C14H17N5O3. The van der Waals surface area contributed by atoms with Crippen molar-refractivity contribution in [2.45, 2.75) is 13.2 Å². The Hall–Kier alpha value is -2.29. The smallest absolute Gasteiger partial charge is 0.258 e. The molecule has 1 aliphatic rings. The molecule has 8 heteroatoms. The van der Waals surface area contributed by atoms with E-state index >= 15 is 0 Å². The Morgan fingerprint density at radius 3 is 2.95 bits per heavy atom. The lowest BCUT2D eigenvalue weighted by molar-refractivity contribution is -0.0314. The van der Waals surface area contributed by atoms with Gasteiger partial charge >= 0.3 is 0 Å². The minimum atomic E-state index is -0.476. The Balaban J connectivity index is 1.96. The van der Waals surface area contributed by atoms with Crippen molar-refractivity contribution < 1.29 is 14.4 Å². The van der Waals surface area contributed by atoms with E-state index in [-0.39, 0.29) is 12.5 Å². The van der Waals surface area contributed by atoms with Crippen LogP contribution in [0.3, 0.4) is 0 Å². The number of rotatable bonds is 4. The Bertz CT molecular complexity index is 659. The number of carbonyl (C=O) groups excluding carboxylic acids is 1. The van der Waals surface area contributed by atoms with Crippen LogP contribution in [-0.4, -0.2) is 51.8 Å². The second-order valence-electron chi connectivity index (χ2n) is 5.00. The van der Waals surface area contributed by atoms with E-state index in [1.54, 1.807) is 17.3 Å². The molecule has 8 nitrogen and oxygen atoms in total. The lowest BCUT2D eigenvalue weighted by Crippen LogP contribution is -2.40. The molecule has 1 fully saturated rings. The second-order valence-corrected chi connectivity index (χ2v) is 5.00. The number of nitrogens with two attached hydrogens (primary N) is 1. The molecule has 2 aromatic rings. The summed E-state index contributed by atoms with van der Waals surface area (Å²) in [4.78, 5) is 20.5. The third-order valence-corrected chi connectivity index (χ3v) is 3.51. The van der Waals surface area contributed by atoms with E-state index in [9.17, 15) is 4.79 Å². The quantitative estimate of drug-likeness (QED) is 0.814. The topological polar surface area (TPSA) is 95.5 Å². The maximum atomic E-state index is 12.9. The van der Waals surface area contributed by atoms with Gasteiger partial charge in [0.2, 0.25) is 0 Å². The molecule has 1 atom stereocenters. The first kappa shape index (κ1) is 14.6. The first-order valence-electron chi connectivity index (χ1n) is 6.92. The van der Waals surface area contributed by atoms with Crippen LogP contribution in [0.1, 0.15) is 15.9 Å². The molecule has 0 bridgehead atoms. The largest absolute Gasteiger partial charge is 0.354 e. The van der Waals surface area contributed by atoms with E-state index in [2.05, 4.69) is 15.0 Å². The van der Waals surface area contributed by atoms with Gasteiger partial charge in [0.1, 0.15) is 6.61 Å². The summed E-state index contributed by atoms with van der Waals surface area (Å²) < 4.78 is 5.47. The third-order valence-electron chi connectivity index (χ3n) is 3.51. The van der Waals surface area contributed by atoms with Crippen molar-refractivity contribution in [2.24, 2.45) is 5.90 Å². The van der Waals surface area contributed by atoms with Gasteiger partial charge in [-0.3, -0.25) is 9.63 Å². The van der Waals surface area contributed by atoms with Crippen LogP contribution in [0.2, 0.25) is 0 Å². The van der Waals surface area contributed by atoms with Gasteiger partial charge in [-0.15, -0.1) is 0 Å². The zero-order chi connectivity index (χ0) is 15.5. The van der Waals surface area contributed by atoms with Crippen molar-refractivity contribution in [3.05, 3.63) is 41.7 Å². The van der Waals surface area contributed by atoms with Crippen LogP contribution in [0, 0.1) is 6.92 Å². The van der Waals surface area contributed by atoms with Crippen LogP contribution >= 0.6 is 0 Å². The molecule has 2 N–H and O–H groups in total. The molecule has 1 aromatic heterocycles. The molecule has 0 aliphatic carbocycles. The van der Waals surface area contributed by atoms with Gasteiger partial charge in [0, 0.05) is 6.54 Å². The van der Waals surface area contributed by atoms with E-state index < -0.39 is 6.23 Å². The molecule has 0 saturated carbocycles. The third kappa shape index (κ3) is 2.71. The van der Waals surface area contributed by atoms with E-state index in [1.165, 1.54) is 4.80 Å². The van der Waals surface area contributed by atoms with E-state index in [4.69, 9.17) is 10.6 Å². The molecule has 0 spiro atoms. The first-order valence-corrected chi connectivity index (χ1v) is 6.92. The predicted octanol–water partition coefficient (Wildman–Crippen LogP) is 0.265. The van der Waals surface area contributed by atoms with Crippen LogP contribution < -0.4 is 5.90 Å². The number of aromatic nitrogens is 3. The molecule has 116 valence electrons. The minimum Gasteiger partial charge on any atom is -0.354 e. The van der Waals surface area contributed by atoms with Crippen molar-refractivity contribution in [1.29, 1.82) is 0 Å². The van der Waals surface area contributed by atoms with Gasteiger partial charge in [-0.2, -0.15) is 15.0 Å². The Kier molecular flexibility index (Phi) is 4.14. The van der Waals surface area contributed by atoms with Crippen LogP contribution in [-0.2, 0) is 9.57 Å². The monoisotopic (exact) mass is 303 g/mol. The van der Waals surface area contributed by atoms with Gasteiger partial charge in [0.05, 0.1) is 30.3 Å². The maximum Gasteiger partial charge on any atom is 0.258 e.